The van der Waals surface area contributed by atoms with Gasteiger partial charge in [-0.05, 0) is 24.8 Å². The smallest absolute Gasteiger partial charge is 0.172 e. The monoisotopic (exact) mass is 248 g/mol. The maximum atomic E-state index is 8.85. The quantitative estimate of drug-likeness (QED) is 0.360. The molecule has 98 valence electrons. The van der Waals surface area contributed by atoms with Crippen molar-refractivity contribution in [3.05, 3.63) is 24.0 Å². The number of nitrogens with zero attached hydrogens (tertiary/aromatic N) is 3. The van der Waals surface area contributed by atoms with Crippen molar-refractivity contribution in [3.8, 4) is 0 Å². The molecule has 0 amide bonds. The normalized spacial score (nSPS) is 16.1. The van der Waals surface area contributed by atoms with Gasteiger partial charge in [0.15, 0.2) is 5.84 Å². The SMILES string of the molecule is CC(C)CN(c1cnccc1/C(N)=N/O)C1CC1. The summed E-state index contributed by atoms with van der Waals surface area (Å²) < 4.78 is 0. The van der Waals surface area contributed by atoms with Crippen LogP contribution < -0.4 is 10.6 Å². The molecule has 1 fully saturated rings. The van der Waals surface area contributed by atoms with Gasteiger partial charge in [-0.3, -0.25) is 4.98 Å². The van der Waals surface area contributed by atoms with Gasteiger partial charge in [-0.2, -0.15) is 0 Å². The minimum Gasteiger partial charge on any atom is -0.409 e. The number of amidine groups is 1. The van der Waals surface area contributed by atoms with E-state index in [-0.39, 0.29) is 5.84 Å². The van der Waals surface area contributed by atoms with Crippen LogP contribution in [0.3, 0.4) is 0 Å². The predicted octanol–water partition coefficient (Wildman–Crippen LogP) is 1.80. The second-order valence-corrected chi connectivity index (χ2v) is 5.16. The molecule has 18 heavy (non-hydrogen) atoms. The molecule has 1 aromatic heterocycles. The van der Waals surface area contributed by atoms with Crippen LogP contribution in [0.2, 0.25) is 0 Å². The third-order valence-corrected chi connectivity index (χ3v) is 3.04. The highest BCUT2D eigenvalue weighted by Gasteiger charge is 2.31. The lowest BCUT2D eigenvalue weighted by atomic mass is 10.1. The molecule has 0 atom stereocenters. The third kappa shape index (κ3) is 2.72. The van der Waals surface area contributed by atoms with Crippen LogP contribution >= 0.6 is 0 Å². The molecule has 0 spiro atoms. The fourth-order valence-electron chi connectivity index (χ4n) is 2.11. The van der Waals surface area contributed by atoms with E-state index in [9.17, 15) is 0 Å². The Hall–Kier alpha value is -1.78. The summed E-state index contributed by atoms with van der Waals surface area (Å²) in [6, 6.07) is 2.36. The zero-order valence-electron chi connectivity index (χ0n) is 10.9. The number of oxime groups is 1. The van der Waals surface area contributed by atoms with Crippen LogP contribution in [-0.2, 0) is 0 Å². The van der Waals surface area contributed by atoms with Gasteiger partial charge in [0.05, 0.1) is 11.9 Å². The first kappa shape index (κ1) is 12.7. The summed E-state index contributed by atoms with van der Waals surface area (Å²) in [7, 11) is 0. The van der Waals surface area contributed by atoms with Gasteiger partial charge < -0.3 is 15.8 Å². The summed E-state index contributed by atoms with van der Waals surface area (Å²) in [6.45, 7) is 5.34. The summed E-state index contributed by atoms with van der Waals surface area (Å²) in [5.41, 5.74) is 7.44. The molecule has 1 aromatic rings. The van der Waals surface area contributed by atoms with E-state index in [4.69, 9.17) is 10.9 Å². The highest BCUT2D eigenvalue weighted by Crippen LogP contribution is 2.33. The number of nitrogens with two attached hydrogens (primary N) is 1. The van der Waals surface area contributed by atoms with Crippen LogP contribution in [0.25, 0.3) is 0 Å². The Kier molecular flexibility index (Phi) is 3.69. The van der Waals surface area contributed by atoms with Crippen molar-refractivity contribution in [1.82, 2.24) is 4.98 Å². The van der Waals surface area contributed by atoms with Gasteiger partial charge in [0.25, 0.3) is 0 Å². The van der Waals surface area contributed by atoms with Crippen molar-refractivity contribution < 1.29 is 5.21 Å². The Morgan fingerprint density at radius 3 is 2.89 bits per heavy atom. The number of rotatable bonds is 5. The van der Waals surface area contributed by atoms with E-state index < -0.39 is 0 Å². The molecule has 1 heterocycles. The van der Waals surface area contributed by atoms with E-state index in [1.54, 1.807) is 18.5 Å². The molecule has 3 N–H and O–H groups in total. The summed E-state index contributed by atoms with van der Waals surface area (Å²) in [4.78, 5) is 6.49. The standard InChI is InChI=1S/C13H20N4O/c1-9(2)8-17(10-3-4-10)12-7-15-6-5-11(12)13(14)16-18/h5-7,9-10,18H,3-4,8H2,1-2H3,(H2,14,16). The van der Waals surface area contributed by atoms with Crippen LogP contribution in [0.4, 0.5) is 5.69 Å². The van der Waals surface area contributed by atoms with Crippen LogP contribution in [0.1, 0.15) is 32.3 Å². The molecule has 0 unspecified atom stereocenters. The number of hydrogen-bond acceptors (Lipinski definition) is 4. The van der Waals surface area contributed by atoms with E-state index in [0.717, 1.165) is 17.8 Å². The molecule has 1 aliphatic rings. The Balaban J connectivity index is 2.34. The largest absolute Gasteiger partial charge is 0.409 e. The van der Waals surface area contributed by atoms with Crippen molar-refractivity contribution in [2.45, 2.75) is 32.7 Å². The molecule has 0 aliphatic heterocycles. The third-order valence-electron chi connectivity index (χ3n) is 3.04. The Bertz CT molecular complexity index is 440. The topological polar surface area (TPSA) is 74.7 Å². The van der Waals surface area contributed by atoms with Gasteiger partial charge in [-0.15, -0.1) is 0 Å². The molecule has 2 rings (SSSR count). The number of hydrogen-bond donors (Lipinski definition) is 2. The predicted molar refractivity (Wildman–Crippen MR) is 72.0 cm³/mol. The van der Waals surface area contributed by atoms with Gasteiger partial charge in [0, 0.05) is 24.3 Å². The summed E-state index contributed by atoms with van der Waals surface area (Å²) in [6.07, 6.45) is 5.87. The van der Waals surface area contributed by atoms with Gasteiger partial charge in [-0.1, -0.05) is 19.0 Å². The molecule has 0 aromatic carbocycles. The van der Waals surface area contributed by atoms with E-state index in [0.29, 0.717) is 12.0 Å². The average Bonchev–Trinajstić information content (AvgIpc) is 3.19. The maximum absolute atomic E-state index is 8.85. The number of anilines is 1. The van der Waals surface area contributed by atoms with Gasteiger partial charge in [-0.25, -0.2) is 0 Å². The fourth-order valence-corrected chi connectivity index (χ4v) is 2.11. The van der Waals surface area contributed by atoms with Gasteiger partial charge >= 0.3 is 0 Å². The van der Waals surface area contributed by atoms with Gasteiger partial charge in [0.1, 0.15) is 0 Å². The van der Waals surface area contributed by atoms with Gasteiger partial charge in [0.2, 0.25) is 0 Å². The van der Waals surface area contributed by atoms with Crippen molar-refractivity contribution in [3.63, 3.8) is 0 Å². The first-order chi connectivity index (χ1) is 8.63. The van der Waals surface area contributed by atoms with Crippen LogP contribution in [-0.4, -0.2) is 28.6 Å². The molecular formula is C13H20N4O. The first-order valence-corrected chi connectivity index (χ1v) is 6.32. The Labute approximate surface area is 107 Å². The van der Waals surface area contributed by atoms with E-state index in [1.807, 2.05) is 0 Å². The number of pyridine rings is 1. The van der Waals surface area contributed by atoms with Crippen LogP contribution in [0.5, 0.6) is 0 Å². The van der Waals surface area contributed by atoms with E-state index >= 15 is 0 Å². The van der Waals surface area contributed by atoms with E-state index in [2.05, 4.69) is 28.9 Å². The molecule has 5 nitrogen and oxygen atoms in total. The lowest BCUT2D eigenvalue weighted by molar-refractivity contribution is 0.318. The minimum atomic E-state index is 0.141. The zero-order valence-corrected chi connectivity index (χ0v) is 10.9. The van der Waals surface area contributed by atoms with Crippen molar-refractivity contribution in [2.75, 3.05) is 11.4 Å². The summed E-state index contributed by atoms with van der Waals surface area (Å²) in [5, 5.41) is 12.0. The second-order valence-electron chi connectivity index (χ2n) is 5.16. The van der Waals surface area contributed by atoms with Crippen molar-refractivity contribution in [2.24, 2.45) is 16.8 Å². The van der Waals surface area contributed by atoms with Crippen LogP contribution in [0, 0.1) is 5.92 Å². The molecule has 1 aliphatic carbocycles. The Morgan fingerprint density at radius 2 is 2.33 bits per heavy atom. The molecule has 1 saturated carbocycles. The number of aromatic nitrogens is 1. The highest BCUT2D eigenvalue weighted by atomic mass is 16.4. The maximum Gasteiger partial charge on any atom is 0.172 e. The summed E-state index contributed by atoms with van der Waals surface area (Å²) >= 11 is 0. The lowest BCUT2D eigenvalue weighted by Gasteiger charge is -2.28. The van der Waals surface area contributed by atoms with E-state index in [1.165, 1.54) is 12.8 Å². The molecular weight excluding hydrogens is 228 g/mol. The average molecular weight is 248 g/mol. The highest BCUT2D eigenvalue weighted by molar-refractivity contribution is 6.02. The molecule has 0 bridgehead atoms. The molecule has 0 saturated heterocycles. The first-order valence-electron chi connectivity index (χ1n) is 6.32. The minimum absolute atomic E-state index is 0.141. The second kappa shape index (κ2) is 5.25. The fraction of sp³-hybridized carbons (Fsp3) is 0.538. The lowest BCUT2D eigenvalue weighted by Crippen LogP contribution is -2.32. The Morgan fingerprint density at radius 1 is 1.61 bits per heavy atom. The molecule has 5 heteroatoms. The zero-order chi connectivity index (χ0) is 13.1. The van der Waals surface area contributed by atoms with Crippen LogP contribution in [0.15, 0.2) is 23.6 Å². The molecule has 0 radical (unpaired) electrons. The van der Waals surface area contributed by atoms with Crippen molar-refractivity contribution in [1.29, 1.82) is 0 Å². The van der Waals surface area contributed by atoms with Crippen molar-refractivity contribution >= 4 is 11.5 Å². The summed E-state index contributed by atoms with van der Waals surface area (Å²) in [5.74, 6) is 0.702.